The number of fused-ring (bicyclic) bond motifs is 1. The van der Waals surface area contributed by atoms with E-state index in [-0.39, 0.29) is 18.6 Å². The van der Waals surface area contributed by atoms with Gasteiger partial charge >= 0.3 is 5.97 Å². The minimum absolute atomic E-state index is 0.123. The number of nitrogens with two attached hydrogens (primary N) is 1. The summed E-state index contributed by atoms with van der Waals surface area (Å²) in [5.74, 6) is -0.729. The topological polar surface area (TPSA) is 167 Å². The molecule has 0 radical (unpaired) electrons. The van der Waals surface area contributed by atoms with Gasteiger partial charge in [0.05, 0.1) is 15.9 Å². The van der Waals surface area contributed by atoms with Crippen molar-refractivity contribution >= 4 is 28.4 Å². The summed E-state index contributed by atoms with van der Waals surface area (Å²) in [4.78, 5) is 39.6. The monoisotopic (exact) mass is 385 g/mol. The third kappa shape index (κ3) is 4.10. The number of nitro benzene ring substituents is 2. The smallest absolute Gasteiger partial charge is 0.323 e. The van der Waals surface area contributed by atoms with Gasteiger partial charge in [-0.3, -0.25) is 25.0 Å². The molecule has 0 saturated heterocycles. The Morgan fingerprint density at radius 3 is 2.54 bits per heavy atom. The molecular weight excluding hydrogens is 370 g/mol. The number of hydrogen-bond acceptors (Lipinski definition) is 8. The van der Waals surface area contributed by atoms with Crippen LogP contribution in [0.3, 0.4) is 0 Å². The number of hydrogen-bond donors (Lipinski definition) is 2. The molecular formula is C17H15N5O6. The van der Waals surface area contributed by atoms with Crippen molar-refractivity contribution in [1.29, 1.82) is 0 Å². The van der Waals surface area contributed by atoms with Gasteiger partial charge < -0.3 is 15.5 Å². The van der Waals surface area contributed by atoms with E-state index in [1.54, 1.807) is 18.5 Å². The number of H-pyrrole nitrogens is 1. The van der Waals surface area contributed by atoms with Crippen molar-refractivity contribution in [1.82, 2.24) is 9.97 Å². The number of non-ortho nitro benzene ring substituents is 2. The van der Waals surface area contributed by atoms with Gasteiger partial charge in [-0.25, -0.2) is 4.98 Å². The molecule has 2 aromatic heterocycles. The third-order valence-corrected chi connectivity index (χ3v) is 4.04. The van der Waals surface area contributed by atoms with E-state index in [4.69, 9.17) is 10.5 Å². The molecule has 0 spiro atoms. The van der Waals surface area contributed by atoms with Gasteiger partial charge in [-0.2, -0.15) is 0 Å². The molecule has 0 fully saturated rings. The maximum atomic E-state index is 12.2. The SMILES string of the molecule is N[C@@H](Cc1c[nH]c2ncccc12)C(=O)OCc1cc([N+](=O)[O-])cc([N+](=O)[O-])c1. The number of ether oxygens (including phenoxy) is 1. The number of nitro groups is 2. The molecule has 3 N–H and O–H groups in total. The third-order valence-electron chi connectivity index (χ3n) is 4.04. The summed E-state index contributed by atoms with van der Waals surface area (Å²) < 4.78 is 5.09. The van der Waals surface area contributed by atoms with Crippen LogP contribution in [0.1, 0.15) is 11.1 Å². The highest BCUT2D eigenvalue weighted by atomic mass is 16.6. The molecule has 28 heavy (non-hydrogen) atoms. The summed E-state index contributed by atoms with van der Waals surface area (Å²) in [6.45, 7) is -0.371. The Kier molecular flexibility index (Phi) is 5.27. The number of benzene rings is 1. The van der Waals surface area contributed by atoms with Crippen molar-refractivity contribution in [3.8, 4) is 0 Å². The zero-order chi connectivity index (χ0) is 20.3. The summed E-state index contributed by atoms with van der Waals surface area (Å²) in [5.41, 5.74) is 6.55. The number of carbonyl (C=O) groups excluding carboxylic acids is 1. The molecule has 11 nitrogen and oxygen atoms in total. The first kappa shape index (κ1) is 18.9. The van der Waals surface area contributed by atoms with Crippen molar-refractivity contribution in [3.05, 3.63) is 74.1 Å². The van der Waals surface area contributed by atoms with Crippen LogP contribution in [0.15, 0.2) is 42.7 Å². The number of carbonyl (C=O) groups is 1. The van der Waals surface area contributed by atoms with Crippen LogP contribution in [-0.2, 0) is 22.6 Å². The molecule has 0 aliphatic rings. The Labute approximate surface area is 157 Å². The number of rotatable bonds is 7. The molecule has 3 rings (SSSR count). The molecule has 0 saturated carbocycles. The van der Waals surface area contributed by atoms with Crippen molar-refractivity contribution in [2.45, 2.75) is 19.1 Å². The van der Waals surface area contributed by atoms with Crippen molar-refractivity contribution in [2.24, 2.45) is 5.73 Å². The van der Waals surface area contributed by atoms with Crippen LogP contribution in [0.5, 0.6) is 0 Å². The molecule has 0 amide bonds. The maximum absolute atomic E-state index is 12.2. The number of nitrogens with one attached hydrogen (secondary N) is 1. The van der Waals surface area contributed by atoms with Crippen molar-refractivity contribution in [2.75, 3.05) is 0 Å². The molecule has 0 aliphatic heterocycles. The van der Waals surface area contributed by atoms with Gasteiger partial charge in [-0.05, 0) is 17.7 Å². The Morgan fingerprint density at radius 2 is 1.89 bits per heavy atom. The van der Waals surface area contributed by atoms with Crippen molar-refractivity contribution in [3.63, 3.8) is 0 Å². The molecule has 144 valence electrons. The first-order valence-electron chi connectivity index (χ1n) is 8.11. The average molecular weight is 385 g/mol. The molecule has 0 bridgehead atoms. The fraction of sp³-hybridized carbons (Fsp3) is 0.176. The highest BCUT2D eigenvalue weighted by molar-refractivity contribution is 5.82. The number of aromatic nitrogens is 2. The quantitative estimate of drug-likeness (QED) is 0.353. The highest BCUT2D eigenvalue weighted by Gasteiger charge is 2.20. The Balaban J connectivity index is 1.68. The highest BCUT2D eigenvalue weighted by Crippen LogP contribution is 2.23. The van der Waals surface area contributed by atoms with E-state index in [0.29, 0.717) is 5.65 Å². The van der Waals surface area contributed by atoms with Gasteiger partial charge in [0.2, 0.25) is 0 Å². The minimum atomic E-state index is -0.979. The van der Waals surface area contributed by atoms with E-state index in [2.05, 4.69) is 9.97 Å². The van der Waals surface area contributed by atoms with Crippen LogP contribution in [0.25, 0.3) is 11.0 Å². The Hall–Kier alpha value is -3.86. The van der Waals surface area contributed by atoms with Crippen LogP contribution in [0.2, 0.25) is 0 Å². The van der Waals surface area contributed by atoms with Crippen LogP contribution < -0.4 is 5.73 Å². The number of nitrogens with zero attached hydrogens (tertiary/aromatic N) is 3. The Morgan fingerprint density at radius 1 is 1.21 bits per heavy atom. The fourth-order valence-electron chi connectivity index (χ4n) is 2.71. The zero-order valence-electron chi connectivity index (χ0n) is 14.4. The second-order valence-electron chi connectivity index (χ2n) is 6.00. The maximum Gasteiger partial charge on any atom is 0.323 e. The first-order chi connectivity index (χ1) is 13.3. The second-order valence-corrected chi connectivity index (χ2v) is 6.00. The fourth-order valence-corrected chi connectivity index (χ4v) is 2.71. The Bertz CT molecular complexity index is 1030. The number of aromatic amines is 1. The standard InChI is InChI=1S/C17H15N5O6/c18-15(6-11-8-20-16-14(11)2-1-3-19-16)17(23)28-9-10-4-12(21(24)25)7-13(5-10)22(26)27/h1-5,7-8,15H,6,9,18H2,(H,19,20)/t15-/m0/s1. The van der Waals surface area contributed by atoms with Crippen LogP contribution in [0.4, 0.5) is 11.4 Å². The van der Waals surface area contributed by atoms with Gasteiger partial charge in [0, 0.05) is 41.9 Å². The number of esters is 1. The first-order valence-corrected chi connectivity index (χ1v) is 8.11. The molecule has 11 heteroatoms. The van der Waals surface area contributed by atoms with Crippen LogP contribution >= 0.6 is 0 Å². The van der Waals surface area contributed by atoms with E-state index in [9.17, 15) is 25.0 Å². The van der Waals surface area contributed by atoms with Crippen molar-refractivity contribution < 1.29 is 19.4 Å². The normalized spacial score (nSPS) is 11.9. The molecule has 3 aromatic rings. The summed E-state index contributed by atoms with van der Waals surface area (Å²) in [6.07, 6.45) is 3.53. The minimum Gasteiger partial charge on any atom is -0.460 e. The molecule has 0 unspecified atom stereocenters. The van der Waals surface area contributed by atoms with Gasteiger partial charge in [0.25, 0.3) is 11.4 Å². The molecule has 1 atom stereocenters. The van der Waals surface area contributed by atoms with E-state index < -0.39 is 33.2 Å². The van der Waals surface area contributed by atoms with Gasteiger partial charge in [0.15, 0.2) is 0 Å². The second kappa shape index (κ2) is 7.80. The average Bonchev–Trinajstić information content (AvgIpc) is 3.08. The van der Waals surface area contributed by atoms with Crippen LogP contribution in [-0.4, -0.2) is 31.8 Å². The molecule has 0 aliphatic carbocycles. The van der Waals surface area contributed by atoms with Gasteiger partial charge in [0.1, 0.15) is 18.3 Å². The van der Waals surface area contributed by atoms with Gasteiger partial charge in [-0.15, -0.1) is 0 Å². The predicted octanol–water partition coefficient (Wildman–Crippen LogP) is 1.99. The summed E-state index contributed by atoms with van der Waals surface area (Å²) in [5, 5.41) is 22.6. The van der Waals surface area contributed by atoms with Crippen LogP contribution in [0, 0.1) is 20.2 Å². The van der Waals surface area contributed by atoms with Gasteiger partial charge in [-0.1, -0.05) is 0 Å². The van der Waals surface area contributed by atoms with E-state index in [0.717, 1.165) is 29.1 Å². The lowest BCUT2D eigenvalue weighted by Gasteiger charge is -2.11. The summed E-state index contributed by atoms with van der Waals surface area (Å²) >= 11 is 0. The largest absolute Gasteiger partial charge is 0.460 e. The number of pyridine rings is 1. The van der Waals surface area contributed by atoms with E-state index in [1.807, 2.05) is 6.07 Å². The lowest BCUT2D eigenvalue weighted by atomic mass is 10.1. The zero-order valence-corrected chi connectivity index (χ0v) is 14.4. The van der Waals surface area contributed by atoms with E-state index >= 15 is 0 Å². The summed E-state index contributed by atoms with van der Waals surface area (Å²) in [6, 6.07) is 5.68. The molecule has 2 heterocycles. The van der Waals surface area contributed by atoms with E-state index in [1.165, 1.54) is 0 Å². The predicted molar refractivity (Wildman–Crippen MR) is 97.3 cm³/mol. The lowest BCUT2D eigenvalue weighted by molar-refractivity contribution is -0.394. The summed E-state index contributed by atoms with van der Waals surface area (Å²) in [7, 11) is 0. The lowest BCUT2D eigenvalue weighted by Crippen LogP contribution is -2.34. The molecule has 1 aromatic carbocycles.